The molecule has 1 aliphatic heterocycles. The Balaban J connectivity index is 1.66. The first-order valence-corrected chi connectivity index (χ1v) is 5.87. The fourth-order valence-electron chi connectivity index (χ4n) is 2.22. The van der Waals surface area contributed by atoms with Crippen LogP contribution in [-0.2, 0) is 11.3 Å². The summed E-state index contributed by atoms with van der Waals surface area (Å²) in [5.74, 6) is 0.142. The Labute approximate surface area is 99.4 Å². The molecule has 0 aliphatic carbocycles. The van der Waals surface area contributed by atoms with Crippen molar-refractivity contribution in [3.63, 3.8) is 0 Å². The molecule has 88 valence electrons. The van der Waals surface area contributed by atoms with E-state index in [0.717, 1.165) is 18.6 Å². The smallest absolute Gasteiger partial charge is 0.221 e. The van der Waals surface area contributed by atoms with Gasteiger partial charge in [0.2, 0.25) is 5.91 Å². The molecule has 3 N–H and O–H groups in total. The van der Waals surface area contributed by atoms with Gasteiger partial charge in [-0.15, -0.1) is 0 Å². The van der Waals surface area contributed by atoms with Gasteiger partial charge in [-0.3, -0.25) is 4.79 Å². The molecule has 2 aromatic rings. The Bertz CT molecular complexity index is 546. The van der Waals surface area contributed by atoms with Crippen LogP contribution in [0.5, 0.6) is 0 Å². The zero-order valence-electron chi connectivity index (χ0n) is 9.49. The molecule has 1 atom stereocenters. The maximum absolute atomic E-state index is 11.0. The van der Waals surface area contributed by atoms with Gasteiger partial charge in [-0.25, -0.2) is 0 Å². The molecule has 1 aromatic heterocycles. The summed E-state index contributed by atoms with van der Waals surface area (Å²) < 4.78 is 0. The monoisotopic (exact) mass is 229 g/mol. The molecule has 1 amide bonds. The first kappa shape index (κ1) is 10.4. The van der Waals surface area contributed by atoms with E-state index in [-0.39, 0.29) is 11.9 Å². The molecule has 0 spiro atoms. The van der Waals surface area contributed by atoms with Gasteiger partial charge >= 0.3 is 0 Å². The van der Waals surface area contributed by atoms with Crippen molar-refractivity contribution in [3.8, 4) is 0 Å². The number of hydrogen-bond acceptors (Lipinski definition) is 2. The molecule has 1 unspecified atom stereocenters. The molecule has 17 heavy (non-hydrogen) atoms. The van der Waals surface area contributed by atoms with Gasteiger partial charge in [-0.05, 0) is 29.1 Å². The summed E-state index contributed by atoms with van der Waals surface area (Å²) in [6.45, 7) is 1.55. The van der Waals surface area contributed by atoms with Gasteiger partial charge < -0.3 is 15.6 Å². The molecule has 3 rings (SSSR count). The molecule has 2 heterocycles. The van der Waals surface area contributed by atoms with E-state index < -0.39 is 0 Å². The minimum atomic E-state index is 0.142. The van der Waals surface area contributed by atoms with Crippen LogP contribution in [-0.4, -0.2) is 23.5 Å². The Morgan fingerprint density at radius 1 is 1.35 bits per heavy atom. The highest BCUT2D eigenvalue weighted by Crippen LogP contribution is 2.14. The molecular formula is C13H15N3O. The average molecular weight is 229 g/mol. The quantitative estimate of drug-likeness (QED) is 0.739. The van der Waals surface area contributed by atoms with Gasteiger partial charge in [0, 0.05) is 37.3 Å². The van der Waals surface area contributed by atoms with Gasteiger partial charge in [0.1, 0.15) is 0 Å². The lowest BCUT2D eigenvalue weighted by Crippen LogP contribution is -2.30. The maximum Gasteiger partial charge on any atom is 0.221 e. The number of H-pyrrole nitrogens is 1. The van der Waals surface area contributed by atoms with E-state index in [2.05, 4.69) is 39.9 Å². The van der Waals surface area contributed by atoms with Crippen molar-refractivity contribution in [2.24, 2.45) is 0 Å². The third-order valence-electron chi connectivity index (χ3n) is 3.19. The average Bonchev–Trinajstić information content (AvgIpc) is 2.94. The minimum Gasteiger partial charge on any atom is -0.361 e. The van der Waals surface area contributed by atoms with Crippen LogP contribution >= 0.6 is 0 Å². The molecule has 4 heteroatoms. The highest BCUT2D eigenvalue weighted by molar-refractivity contribution is 5.80. The first-order valence-electron chi connectivity index (χ1n) is 5.87. The largest absolute Gasteiger partial charge is 0.361 e. The molecule has 1 fully saturated rings. The molecule has 0 radical (unpaired) electrons. The fraction of sp³-hybridized carbons (Fsp3) is 0.308. The number of aromatic amines is 1. The normalized spacial score (nSPS) is 19.8. The van der Waals surface area contributed by atoms with Crippen molar-refractivity contribution in [3.05, 3.63) is 36.0 Å². The summed E-state index contributed by atoms with van der Waals surface area (Å²) in [6, 6.07) is 8.70. The fourth-order valence-corrected chi connectivity index (χ4v) is 2.22. The third kappa shape index (κ3) is 2.17. The van der Waals surface area contributed by atoms with Crippen molar-refractivity contribution >= 4 is 16.8 Å². The summed E-state index contributed by atoms with van der Waals surface area (Å²) in [4.78, 5) is 14.2. The maximum atomic E-state index is 11.0. The number of amides is 1. The van der Waals surface area contributed by atoms with Gasteiger partial charge in [0.15, 0.2) is 0 Å². The first-order chi connectivity index (χ1) is 8.31. The number of nitrogens with one attached hydrogen (secondary N) is 3. The van der Waals surface area contributed by atoms with Crippen LogP contribution < -0.4 is 10.6 Å². The SMILES string of the molecule is O=C1CC(NCc2ccc3[nH]ccc3c2)CN1. The van der Waals surface area contributed by atoms with Crippen LogP contribution in [0.2, 0.25) is 0 Å². The van der Waals surface area contributed by atoms with Crippen molar-refractivity contribution in [2.75, 3.05) is 6.54 Å². The van der Waals surface area contributed by atoms with Crippen molar-refractivity contribution in [2.45, 2.75) is 19.0 Å². The lowest BCUT2D eigenvalue weighted by Gasteiger charge is -2.10. The Morgan fingerprint density at radius 3 is 3.12 bits per heavy atom. The number of rotatable bonds is 3. The van der Waals surface area contributed by atoms with E-state index in [1.165, 1.54) is 10.9 Å². The molecule has 1 saturated heterocycles. The molecule has 4 nitrogen and oxygen atoms in total. The summed E-state index contributed by atoms with van der Waals surface area (Å²) in [7, 11) is 0. The van der Waals surface area contributed by atoms with Crippen LogP contribution in [0.1, 0.15) is 12.0 Å². The molecule has 1 aliphatic rings. The number of fused-ring (bicyclic) bond motifs is 1. The Kier molecular flexibility index (Phi) is 2.57. The second-order valence-electron chi connectivity index (χ2n) is 4.49. The lowest BCUT2D eigenvalue weighted by molar-refractivity contribution is -0.119. The van der Waals surface area contributed by atoms with Crippen molar-refractivity contribution < 1.29 is 4.79 Å². The van der Waals surface area contributed by atoms with Gasteiger partial charge in [0.25, 0.3) is 0 Å². The topological polar surface area (TPSA) is 56.9 Å². The molecule has 0 bridgehead atoms. The van der Waals surface area contributed by atoms with Crippen LogP contribution in [0.4, 0.5) is 0 Å². The summed E-state index contributed by atoms with van der Waals surface area (Å²) >= 11 is 0. The van der Waals surface area contributed by atoms with E-state index in [1.54, 1.807) is 0 Å². The van der Waals surface area contributed by atoms with Crippen LogP contribution in [0.15, 0.2) is 30.5 Å². The standard InChI is InChI=1S/C13H15N3O/c17-13-6-11(8-16-13)15-7-9-1-2-12-10(5-9)3-4-14-12/h1-5,11,14-15H,6-8H2,(H,16,17). The Hall–Kier alpha value is -1.81. The summed E-state index contributed by atoms with van der Waals surface area (Å²) in [5, 5.41) is 7.44. The van der Waals surface area contributed by atoms with Crippen LogP contribution in [0.25, 0.3) is 10.9 Å². The van der Waals surface area contributed by atoms with E-state index >= 15 is 0 Å². The number of carbonyl (C=O) groups is 1. The zero-order chi connectivity index (χ0) is 11.7. The highest BCUT2D eigenvalue weighted by Gasteiger charge is 2.20. The summed E-state index contributed by atoms with van der Waals surface area (Å²) in [5.41, 5.74) is 2.41. The zero-order valence-corrected chi connectivity index (χ0v) is 9.49. The van der Waals surface area contributed by atoms with Crippen LogP contribution in [0, 0.1) is 0 Å². The molecule has 0 saturated carbocycles. The number of benzene rings is 1. The van der Waals surface area contributed by atoms with E-state index in [0.29, 0.717) is 6.42 Å². The molecule has 1 aromatic carbocycles. The highest BCUT2D eigenvalue weighted by atomic mass is 16.1. The number of aromatic nitrogens is 1. The second kappa shape index (κ2) is 4.22. The van der Waals surface area contributed by atoms with E-state index in [4.69, 9.17) is 0 Å². The molecular weight excluding hydrogens is 214 g/mol. The van der Waals surface area contributed by atoms with Gasteiger partial charge in [0.05, 0.1) is 0 Å². The van der Waals surface area contributed by atoms with Gasteiger partial charge in [-0.2, -0.15) is 0 Å². The third-order valence-corrected chi connectivity index (χ3v) is 3.19. The van der Waals surface area contributed by atoms with E-state index in [1.807, 2.05) is 6.20 Å². The van der Waals surface area contributed by atoms with Crippen LogP contribution in [0.3, 0.4) is 0 Å². The predicted octanol–water partition coefficient (Wildman–Crippen LogP) is 1.15. The Morgan fingerprint density at radius 2 is 2.29 bits per heavy atom. The number of carbonyl (C=O) groups excluding carboxylic acids is 1. The lowest BCUT2D eigenvalue weighted by atomic mass is 10.1. The minimum absolute atomic E-state index is 0.142. The summed E-state index contributed by atoms with van der Waals surface area (Å²) in [6.07, 6.45) is 2.54. The second-order valence-corrected chi connectivity index (χ2v) is 4.49. The van der Waals surface area contributed by atoms with Gasteiger partial charge in [-0.1, -0.05) is 6.07 Å². The van der Waals surface area contributed by atoms with Crippen molar-refractivity contribution in [1.29, 1.82) is 0 Å². The van der Waals surface area contributed by atoms with Crippen molar-refractivity contribution in [1.82, 2.24) is 15.6 Å². The number of hydrogen-bond donors (Lipinski definition) is 3. The van der Waals surface area contributed by atoms with E-state index in [9.17, 15) is 4.79 Å². The predicted molar refractivity (Wildman–Crippen MR) is 66.6 cm³/mol.